The van der Waals surface area contributed by atoms with Crippen molar-refractivity contribution in [2.75, 3.05) is 5.73 Å². The second-order valence-electron chi connectivity index (χ2n) is 2.82. The van der Waals surface area contributed by atoms with Crippen molar-refractivity contribution in [2.24, 2.45) is 0 Å². The summed E-state index contributed by atoms with van der Waals surface area (Å²) in [5.41, 5.74) is 4.71. The van der Waals surface area contributed by atoms with Gasteiger partial charge in [0, 0.05) is 10.7 Å². The van der Waals surface area contributed by atoms with Gasteiger partial charge in [-0.3, -0.25) is 0 Å². The minimum Gasteiger partial charge on any atom is -0.383 e. The van der Waals surface area contributed by atoms with Crippen molar-refractivity contribution >= 4 is 25.6 Å². The lowest BCUT2D eigenvalue weighted by Gasteiger charge is -2.07. The number of alkyl halides is 2. The van der Waals surface area contributed by atoms with Crippen LogP contribution in [0.4, 0.5) is 14.6 Å². The van der Waals surface area contributed by atoms with Gasteiger partial charge in [-0.05, 0) is 18.6 Å². The Hall–Kier alpha value is -0.950. The van der Waals surface area contributed by atoms with Gasteiger partial charge in [0.05, 0.1) is 5.56 Å². The number of halogens is 3. The van der Waals surface area contributed by atoms with E-state index in [-0.39, 0.29) is 5.56 Å². The van der Waals surface area contributed by atoms with Gasteiger partial charge in [-0.25, -0.2) is 22.2 Å². The van der Waals surface area contributed by atoms with Gasteiger partial charge in [-0.15, -0.1) is 0 Å². The quantitative estimate of drug-likeness (QED) is 0.820. The second-order valence-corrected chi connectivity index (χ2v) is 5.30. The van der Waals surface area contributed by atoms with Crippen LogP contribution in [0, 0.1) is 6.92 Å². The minimum absolute atomic E-state index is 0.0366. The maximum atomic E-state index is 12.3. The third kappa shape index (κ3) is 2.54. The molecule has 15 heavy (non-hydrogen) atoms. The highest BCUT2D eigenvalue weighted by molar-refractivity contribution is 8.13. The Morgan fingerprint density at radius 3 is 2.47 bits per heavy atom. The topological polar surface area (TPSA) is 73.0 Å². The molecule has 0 atom stereocenters. The van der Waals surface area contributed by atoms with Crippen LogP contribution in [0.25, 0.3) is 0 Å². The summed E-state index contributed by atoms with van der Waals surface area (Å²) in [7, 11) is 0.972. The summed E-state index contributed by atoms with van der Waals surface area (Å²) in [6, 6.07) is 0.961. The lowest BCUT2D eigenvalue weighted by Crippen LogP contribution is -2.06. The highest BCUT2D eigenvalue weighted by Gasteiger charge is 2.21. The zero-order valence-corrected chi connectivity index (χ0v) is 9.11. The molecule has 0 aliphatic carbocycles. The van der Waals surface area contributed by atoms with Crippen molar-refractivity contribution in [2.45, 2.75) is 18.4 Å². The molecular weight excluding hydrogens is 250 g/mol. The Balaban J connectivity index is 3.46. The molecule has 84 valence electrons. The van der Waals surface area contributed by atoms with Gasteiger partial charge >= 0.3 is 0 Å². The van der Waals surface area contributed by atoms with Crippen molar-refractivity contribution < 1.29 is 17.2 Å². The number of nitrogens with two attached hydrogens (primary N) is 1. The summed E-state index contributed by atoms with van der Waals surface area (Å²) in [5.74, 6) is -0.533. The standard InChI is InChI=1S/C7H7ClF2N2O2S/c1-3-2-4(5(9)10)6(11)12-7(3)15(8,13)14/h2,5H,1H3,(H2,11,12). The highest BCUT2D eigenvalue weighted by atomic mass is 35.7. The van der Waals surface area contributed by atoms with Gasteiger partial charge in [-0.2, -0.15) is 0 Å². The molecule has 8 heteroatoms. The van der Waals surface area contributed by atoms with Crippen LogP contribution < -0.4 is 5.73 Å². The summed E-state index contributed by atoms with van der Waals surface area (Å²) in [5, 5.41) is -0.494. The summed E-state index contributed by atoms with van der Waals surface area (Å²) in [6.07, 6.45) is -2.80. The molecule has 0 saturated heterocycles. The number of hydrogen-bond donors (Lipinski definition) is 1. The average molecular weight is 257 g/mol. The van der Waals surface area contributed by atoms with Crippen LogP contribution in [-0.4, -0.2) is 13.4 Å². The number of rotatable bonds is 2. The van der Waals surface area contributed by atoms with Crippen LogP contribution in [0.2, 0.25) is 0 Å². The van der Waals surface area contributed by atoms with Crippen LogP contribution in [0.1, 0.15) is 17.6 Å². The third-order valence-electron chi connectivity index (χ3n) is 1.69. The van der Waals surface area contributed by atoms with Crippen molar-refractivity contribution in [1.29, 1.82) is 0 Å². The summed E-state index contributed by atoms with van der Waals surface area (Å²) < 4.78 is 46.6. The molecule has 0 bridgehead atoms. The fourth-order valence-electron chi connectivity index (χ4n) is 1.05. The minimum atomic E-state index is -4.06. The van der Waals surface area contributed by atoms with Gasteiger partial charge in [0.15, 0.2) is 5.03 Å². The fraction of sp³-hybridized carbons (Fsp3) is 0.286. The molecule has 0 spiro atoms. The average Bonchev–Trinajstić information content (AvgIpc) is 2.06. The molecule has 0 aromatic carbocycles. The Morgan fingerprint density at radius 2 is 2.07 bits per heavy atom. The molecule has 1 rings (SSSR count). The van der Waals surface area contributed by atoms with Gasteiger partial charge in [-0.1, -0.05) is 0 Å². The molecule has 1 heterocycles. The van der Waals surface area contributed by atoms with Gasteiger partial charge in [0.2, 0.25) is 0 Å². The van der Waals surface area contributed by atoms with E-state index >= 15 is 0 Å². The molecule has 4 nitrogen and oxygen atoms in total. The van der Waals surface area contributed by atoms with E-state index < -0.39 is 31.9 Å². The largest absolute Gasteiger partial charge is 0.383 e. The van der Waals surface area contributed by atoms with Crippen LogP contribution in [0.3, 0.4) is 0 Å². The molecule has 0 saturated carbocycles. The molecule has 0 unspecified atom stereocenters. The van der Waals surface area contributed by atoms with Gasteiger partial charge < -0.3 is 5.73 Å². The van der Waals surface area contributed by atoms with Crippen molar-refractivity contribution in [3.63, 3.8) is 0 Å². The summed E-state index contributed by atoms with van der Waals surface area (Å²) in [6.45, 7) is 1.31. The Labute approximate surface area is 89.5 Å². The summed E-state index contributed by atoms with van der Waals surface area (Å²) >= 11 is 0. The monoisotopic (exact) mass is 256 g/mol. The molecule has 0 radical (unpaired) electrons. The Morgan fingerprint density at radius 1 is 1.53 bits per heavy atom. The number of nitrogen functional groups attached to an aromatic ring is 1. The van der Waals surface area contributed by atoms with E-state index in [1.165, 1.54) is 6.92 Å². The van der Waals surface area contributed by atoms with Crippen LogP contribution >= 0.6 is 10.7 Å². The number of aromatic nitrogens is 1. The van der Waals surface area contributed by atoms with E-state index in [2.05, 4.69) is 4.98 Å². The van der Waals surface area contributed by atoms with E-state index in [0.717, 1.165) is 6.07 Å². The number of nitrogens with zero attached hydrogens (tertiary/aromatic N) is 1. The first-order valence-electron chi connectivity index (χ1n) is 3.73. The molecular formula is C7H7ClF2N2O2S. The lowest BCUT2D eigenvalue weighted by molar-refractivity contribution is 0.151. The fourth-order valence-corrected chi connectivity index (χ4v) is 2.17. The number of hydrogen-bond acceptors (Lipinski definition) is 4. The first-order valence-corrected chi connectivity index (χ1v) is 6.04. The molecule has 1 aromatic heterocycles. The number of anilines is 1. The molecule has 0 fully saturated rings. The van der Waals surface area contributed by atoms with E-state index in [1.807, 2.05) is 0 Å². The van der Waals surface area contributed by atoms with Crippen LogP contribution in [0.5, 0.6) is 0 Å². The first kappa shape index (κ1) is 12.1. The molecule has 0 aliphatic rings. The van der Waals surface area contributed by atoms with Crippen LogP contribution in [0.15, 0.2) is 11.1 Å². The van der Waals surface area contributed by atoms with Gasteiger partial charge in [0.1, 0.15) is 5.82 Å². The molecule has 0 amide bonds. The molecule has 0 aliphatic heterocycles. The lowest BCUT2D eigenvalue weighted by atomic mass is 10.2. The zero-order chi connectivity index (χ0) is 11.8. The van der Waals surface area contributed by atoms with Crippen molar-refractivity contribution in [1.82, 2.24) is 4.98 Å². The van der Waals surface area contributed by atoms with E-state index in [1.54, 1.807) is 0 Å². The Bertz CT molecular complexity index is 490. The predicted octanol–water partition coefficient (Wildman–Crippen LogP) is 1.84. The number of pyridine rings is 1. The van der Waals surface area contributed by atoms with E-state index in [0.29, 0.717) is 0 Å². The first-order chi connectivity index (χ1) is 6.73. The van der Waals surface area contributed by atoms with Crippen molar-refractivity contribution in [3.8, 4) is 0 Å². The van der Waals surface area contributed by atoms with Gasteiger partial charge in [0.25, 0.3) is 15.5 Å². The van der Waals surface area contributed by atoms with Crippen LogP contribution in [-0.2, 0) is 9.05 Å². The zero-order valence-electron chi connectivity index (χ0n) is 7.54. The maximum Gasteiger partial charge on any atom is 0.279 e. The maximum absolute atomic E-state index is 12.3. The van der Waals surface area contributed by atoms with E-state index in [4.69, 9.17) is 16.4 Å². The predicted molar refractivity (Wildman–Crippen MR) is 51.4 cm³/mol. The normalized spacial score (nSPS) is 12.1. The highest BCUT2D eigenvalue weighted by Crippen LogP contribution is 2.28. The van der Waals surface area contributed by atoms with Crippen molar-refractivity contribution in [3.05, 3.63) is 17.2 Å². The second kappa shape index (κ2) is 3.90. The third-order valence-corrected chi connectivity index (χ3v) is 3.01. The smallest absolute Gasteiger partial charge is 0.279 e. The van der Waals surface area contributed by atoms with E-state index in [9.17, 15) is 17.2 Å². The SMILES string of the molecule is Cc1cc(C(F)F)c(N)nc1S(=O)(=O)Cl. The Kier molecular flexibility index (Phi) is 3.15. The molecule has 1 aromatic rings. The molecule has 2 N–H and O–H groups in total. The number of aryl methyl sites for hydroxylation is 1. The summed E-state index contributed by atoms with van der Waals surface area (Å²) in [4.78, 5) is 3.34.